The van der Waals surface area contributed by atoms with E-state index in [0.29, 0.717) is 22.2 Å². The van der Waals surface area contributed by atoms with Gasteiger partial charge in [-0.15, -0.1) is 0 Å². The number of nitrogens with two attached hydrogens (primary N) is 2. The molecular weight excluding hydrogens is 484 g/mol. The second-order valence-electron chi connectivity index (χ2n) is 16.8. The van der Waals surface area contributed by atoms with Gasteiger partial charge in [0.05, 0.1) is 0 Å². The van der Waals surface area contributed by atoms with E-state index in [4.69, 9.17) is 11.5 Å². The van der Waals surface area contributed by atoms with Gasteiger partial charge in [0.1, 0.15) is 0 Å². The van der Waals surface area contributed by atoms with E-state index in [1.165, 1.54) is 76.2 Å². The van der Waals surface area contributed by atoms with Gasteiger partial charge in [-0.2, -0.15) is 0 Å². The standard InChI is InChI=1S/C38H62N2/c1-24(2)10-9-11-25(3)32-13-14-33-31-12-15-35-36(5,6)28(20-26(4)27-21-29(39)23-30(40)22-27)16-18-38(35,8)34(31)17-19-37(32,33)7/h21-25,28,31-35H,4,9-20,39-40H2,1-3,5-8H3. The molecule has 0 bridgehead atoms. The molecule has 4 fully saturated rings. The van der Waals surface area contributed by atoms with E-state index < -0.39 is 0 Å². The monoisotopic (exact) mass is 546 g/mol. The average Bonchev–Trinajstić information content (AvgIpc) is 3.22. The molecule has 4 saturated carbocycles. The molecule has 9 atom stereocenters. The Bertz CT molecular complexity index is 1050. The van der Waals surface area contributed by atoms with Crippen LogP contribution in [0.2, 0.25) is 0 Å². The Morgan fingerprint density at radius 3 is 2.15 bits per heavy atom. The van der Waals surface area contributed by atoms with Gasteiger partial charge in [-0.3, -0.25) is 0 Å². The Hall–Kier alpha value is -1.44. The summed E-state index contributed by atoms with van der Waals surface area (Å²) < 4.78 is 0. The molecule has 0 aromatic heterocycles. The molecule has 40 heavy (non-hydrogen) atoms. The first-order chi connectivity index (χ1) is 18.8. The lowest BCUT2D eigenvalue weighted by Crippen LogP contribution is -2.58. The minimum atomic E-state index is 0.330. The van der Waals surface area contributed by atoms with Crippen LogP contribution in [0.4, 0.5) is 11.4 Å². The van der Waals surface area contributed by atoms with Crippen LogP contribution in [0.5, 0.6) is 0 Å². The van der Waals surface area contributed by atoms with Gasteiger partial charge in [0, 0.05) is 11.4 Å². The number of nitrogen functional groups attached to an aromatic ring is 2. The summed E-state index contributed by atoms with van der Waals surface area (Å²) in [5.74, 6) is 7.05. The molecule has 4 aliphatic carbocycles. The molecule has 224 valence electrons. The van der Waals surface area contributed by atoms with Gasteiger partial charge in [0.25, 0.3) is 0 Å². The van der Waals surface area contributed by atoms with Crippen molar-refractivity contribution in [3.05, 3.63) is 30.3 Å². The van der Waals surface area contributed by atoms with Crippen LogP contribution < -0.4 is 11.5 Å². The molecule has 4 aliphatic rings. The first-order valence-corrected chi connectivity index (χ1v) is 17.1. The number of hydrogen-bond donors (Lipinski definition) is 2. The SMILES string of the molecule is C=C(CC1CCC2(C)C3CCC4(C)C(C(C)CCCC(C)C)CCC4C3CCC2C1(C)C)c1cc(N)cc(N)c1. The summed E-state index contributed by atoms with van der Waals surface area (Å²) in [7, 11) is 0. The van der Waals surface area contributed by atoms with Crippen LogP contribution in [0.3, 0.4) is 0 Å². The van der Waals surface area contributed by atoms with Gasteiger partial charge in [-0.25, -0.2) is 0 Å². The molecule has 1 aromatic carbocycles. The fourth-order valence-corrected chi connectivity index (χ4v) is 11.9. The van der Waals surface area contributed by atoms with Crippen molar-refractivity contribution >= 4 is 16.9 Å². The van der Waals surface area contributed by atoms with E-state index in [1.54, 1.807) is 0 Å². The highest BCUT2D eigenvalue weighted by Crippen LogP contribution is 2.71. The van der Waals surface area contributed by atoms with Gasteiger partial charge in [-0.1, -0.05) is 74.3 Å². The smallest absolute Gasteiger partial charge is 0.0340 e. The van der Waals surface area contributed by atoms with Crippen LogP contribution in [0.25, 0.3) is 5.57 Å². The van der Waals surface area contributed by atoms with Crippen LogP contribution >= 0.6 is 0 Å². The predicted octanol–water partition coefficient (Wildman–Crippen LogP) is 10.6. The molecule has 1 aromatic rings. The zero-order chi connectivity index (χ0) is 29.0. The predicted molar refractivity (Wildman–Crippen MR) is 175 cm³/mol. The highest BCUT2D eigenvalue weighted by atomic mass is 14.7. The van der Waals surface area contributed by atoms with Crippen molar-refractivity contribution in [1.29, 1.82) is 0 Å². The lowest BCUT2D eigenvalue weighted by molar-refractivity contribution is -0.162. The van der Waals surface area contributed by atoms with E-state index in [0.717, 1.165) is 64.8 Å². The van der Waals surface area contributed by atoms with Crippen LogP contribution in [-0.2, 0) is 0 Å². The zero-order valence-electron chi connectivity index (χ0n) is 27.2. The molecular formula is C38H62N2. The quantitative estimate of drug-likeness (QED) is 0.319. The first-order valence-electron chi connectivity index (χ1n) is 17.1. The zero-order valence-corrected chi connectivity index (χ0v) is 27.2. The Labute approximate surface area is 247 Å². The maximum Gasteiger partial charge on any atom is 0.0340 e. The van der Waals surface area contributed by atoms with Crippen LogP contribution in [0.1, 0.15) is 131 Å². The third-order valence-corrected chi connectivity index (χ3v) is 13.9. The molecule has 0 heterocycles. The van der Waals surface area contributed by atoms with Gasteiger partial charge in [0.15, 0.2) is 0 Å². The number of rotatable bonds is 8. The molecule has 0 spiro atoms. The molecule has 4 N–H and O–H groups in total. The van der Waals surface area contributed by atoms with Crippen LogP contribution in [-0.4, -0.2) is 0 Å². The maximum absolute atomic E-state index is 6.13. The van der Waals surface area contributed by atoms with Crippen molar-refractivity contribution in [2.24, 2.45) is 63.6 Å². The fourth-order valence-electron chi connectivity index (χ4n) is 11.9. The van der Waals surface area contributed by atoms with E-state index in [-0.39, 0.29) is 0 Å². The largest absolute Gasteiger partial charge is 0.399 e. The Balaban J connectivity index is 1.29. The molecule has 5 rings (SSSR count). The van der Waals surface area contributed by atoms with Crippen molar-refractivity contribution < 1.29 is 0 Å². The minimum Gasteiger partial charge on any atom is -0.399 e. The normalized spacial score (nSPS) is 39.3. The van der Waals surface area contributed by atoms with Gasteiger partial charge in [0.2, 0.25) is 0 Å². The number of fused-ring (bicyclic) bond motifs is 5. The second kappa shape index (κ2) is 11.0. The fraction of sp³-hybridized carbons (Fsp3) is 0.789. The molecule has 2 heteroatoms. The highest BCUT2D eigenvalue weighted by molar-refractivity contribution is 5.70. The summed E-state index contributed by atoms with van der Waals surface area (Å²) in [6, 6.07) is 5.96. The van der Waals surface area contributed by atoms with Crippen molar-refractivity contribution in [2.45, 2.75) is 126 Å². The summed E-state index contributed by atoms with van der Waals surface area (Å²) in [6.45, 7) is 22.6. The number of benzene rings is 1. The van der Waals surface area contributed by atoms with Gasteiger partial charge < -0.3 is 11.5 Å². The lowest BCUT2D eigenvalue weighted by atomic mass is 9.39. The highest BCUT2D eigenvalue weighted by Gasteiger charge is 2.63. The van der Waals surface area contributed by atoms with E-state index in [1.807, 2.05) is 6.07 Å². The van der Waals surface area contributed by atoms with Gasteiger partial charge >= 0.3 is 0 Å². The number of anilines is 2. The summed E-state index contributed by atoms with van der Waals surface area (Å²) in [6.07, 6.45) is 16.9. The summed E-state index contributed by atoms with van der Waals surface area (Å²) in [5.41, 5.74) is 17.5. The van der Waals surface area contributed by atoms with E-state index >= 15 is 0 Å². The summed E-state index contributed by atoms with van der Waals surface area (Å²) in [4.78, 5) is 0. The molecule has 0 radical (unpaired) electrons. The van der Waals surface area contributed by atoms with Crippen LogP contribution in [0.15, 0.2) is 24.8 Å². The number of hydrogen-bond acceptors (Lipinski definition) is 2. The third kappa shape index (κ3) is 5.17. The summed E-state index contributed by atoms with van der Waals surface area (Å²) in [5, 5.41) is 0. The topological polar surface area (TPSA) is 52.0 Å². The van der Waals surface area contributed by atoms with E-state index in [9.17, 15) is 0 Å². The Kier molecular flexibility index (Phi) is 8.26. The summed E-state index contributed by atoms with van der Waals surface area (Å²) >= 11 is 0. The molecule has 0 aliphatic heterocycles. The Morgan fingerprint density at radius 2 is 1.48 bits per heavy atom. The second-order valence-corrected chi connectivity index (χ2v) is 16.8. The van der Waals surface area contributed by atoms with Crippen molar-refractivity contribution in [3.63, 3.8) is 0 Å². The Morgan fingerprint density at radius 1 is 0.825 bits per heavy atom. The van der Waals surface area contributed by atoms with Gasteiger partial charge in [-0.05, 0) is 151 Å². The van der Waals surface area contributed by atoms with Crippen molar-refractivity contribution in [3.8, 4) is 0 Å². The molecule has 0 amide bonds. The van der Waals surface area contributed by atoms with Crippen molar-refractivity contribution in [2.75, 3.05) is 11.5 Å². The first kappa shape index (κ1) is 30.0. The lowest BCUT2D eigenvalue weighted by Gasteiger charge is -2.65. The molecule has 2 nitrogen and oxygen atoms in total. The molecule has 0 saturated heterocycles. The van der Waals surface area contributed by atoms with Crippen LogP contribution in [0, 0.1) is 63.6 Å². The van der Waals surface area contributed by atoms with E-state index in [2.05, 4.69) is 67.2 Å². The third-order valence-electron chi connectivity index (χ3n) is 13.9. The maximum atomic E-state index is 6.13. The minimum absolute atomic E-state index is 0.330. The number of allylic oxidation sites excluding steroid dienone is 1. The van der Waals surface area contributed by atoms with Crippen molar-refractivity contribution in [1.82, 2.24) is 0 Å². The molecule has 9 unspecified atom stereocenters. The average molecular weight is 547 g/mol.